The van der Waals surface area contributed by atoms with Gasteiger partial charge in [0.1, 0.15) is 0 Å². The average Bonchev–Trinajstić information content (AvgIpc) is 2.94. The van der Waals surface area contributed by atoms with E-state index >= 15 is 0 Å². The number of aliphatic carboxylic acids is 1. The third kappa shape index (κ3) is 3.03. The van der Waals surface area contributed by atoms with Gasteiger partial charge >= 0.3 is 5.97 Å². The molecule has 5 heteroatoms. The number of carbonyl (C=O) groups is 1. The largest absolute Gasteiger partial charge is 0.478 e. The molecular weight excluding hydrogens is 280 g/mol. The van der Waals surface area contributed by atoms with E-state index in [1.54, 1.807) is 0 Å². The molecule has 1 N–H and O–H groups in total. The number of aromatic nitrogens is 2. The van der Waals surface area contributed by atoms with Crippen LogP contribution in [0.3, 0.4) is 0 Å². The maximum absolute atomic E-state index is 10.7. The first kappa shape index (κ1) is 14.0. The normalized spacial score (nSPS) is 10.7. The lowest BCUT2D eigenvalue weighted by molar-refractivity contribution is -0.132. The van der Waals surface area contributed by atoms with Gasteiger partial charge in [-0.1, -0.05) is 54.2 Å². The van der Waals surface area contributed by atoms with Gasteiger partial charge < -0.3 is 9.63 Å². The zero-order valence-corrected chi connectivity index (χ0v) is 11.8. The van der Waals surface area contributed by atoms with E-state index in [0.29, 0.717) is 12.2 Å². The molecule has 110 valence electrons. The van der Waals surface area contributed by atoms with E-state index in [0.717, 1.165) is 10.9 Å². The zero-order valence-electron chi connectivity index (χ0n) is 11.8. The second-order valence-electron chi connectivity index (χ2n) is 5.05. The summed E-state index contributed by atoms with van der Waals surface area (Å²) in [5.74, 6) is -0.263. The lowest BCUT2D eigenvalue weighted by atomic mass is 10.1. The number of fused-ring (bicyclic) bond motifs is 1. The van der Waals surface area contributed by atoms with Crippen LogP contribution in [0, 0.1) is 0 Å². The van der Waals surface area contributed by atoms with E-state index in [1.165, 1.54) is 5.39 Å². The zero-order chi connectivity index (χ0) is 15.5. The predicted molar refractivity (Wildman–Crippen MR) is 81.5 cm³/mol. The Morgan fingerprint density at radius 1 is 1.18 bits per heavy atom. The van der Waals surface area contributed by atoms with Crippen molar-refractivity contribution in [3.63, 3.8) is 0 Å². The number of carboxylic acid groups (broad SMARTS) is 1. The summed E-state index contributed by atoms with van der Waals surface area (Å²) in [7, 11) is 0. The molecule has 0 aliphatic carbocycles. The third-order valence-corrected chi connectivity index (χ3v) is 3.35. The number of nitrogens with zero attached hydrogens (tertiary/aromatic N) is 2. The highest BCUT2D eigenvalue weighted by Gasteiger charge is 2.12. The fourth-order valence-electron chi connectivity index (χ4n) is 2.22. The highest BCUT2D eigenvalue weighted by atomic mass is 16.5. The second-order valence-corrected chi connectivity index (χ2v) is 5.05. The van der Waals surface area contributed by atoms with Crippen LogP contribution in [-0.4, -0.2) is 21.2 Å². The van der Waals surface area contributed by atoms with Crippen molar-refractivity contribution in [1.29, 1.82) is 0 Å². The molecule has 0 bridgehead atoms. The summed E-state index contributed by atoms with van der Waals surface area (Å²) < 4.78 is 5.06. The number of hydrogen-bond acceptors (Lipinski definition) is 4. The summed E-state index contributed by atoms with van der Waals surface area (Å²) in [5.41, 5.74) is 1.10. The molecule has 2 aromatic carbocycles. The topological polar surface area (TPSA) is 76.2 Å². The van der Waals surface area contributed by atoms with Gasteiger partial charge in [0.2, 0.25) is 5.89 Å². The maximum atomic E-state index is 10.7. The van der Waals surface area contributed by atoms with Gasteiger partial charge in [-0.15, -0.1) is 0 Å². The molecule has 0 unspecified atom stereocenters. The Balaban J connectivity index is 1.76. The van der Waals surface area contributed by atoms with Crippen LogP contribution in [0.25, 0.3) is 10.8 Å². The standard InChI is InChI=1S/C17H14N2O3/c1-11(17(20)21)8-16-18-15(19-22-16)10-12-6-7-13-4-2-3-5-14(13)9-12/h2-7,9H,1,8,10H2,(H,20,21). The first-order valence-electron chi connectivity index (χ1n) is 6.82. The van der Waals surface area contributed by atoms with Gasteiger partial charge in [-0.2, -0.15) is 4.98 Å². The first-order chi connectivity index (χ1) is 10.6. The van der Waals surface area contributed by atoms with Crippen molar-refractivity contribution in [2.45, 2.75) is 12.8 Å². The molecule has 0 spiro atoms. The SMILES string of the molecule is C=C(Cc1nc(Cc2ccc3ccccc3c2)no1)C(=O)O. The van der Waals surface area contributed by atoms with Crippen molar-refractivity contribution < 1.29 is 14.4 Å². The number of rotatable bonds is 5. The van der Waals surface area contributed by atoms with E-state index in [1.807, 2.05) is 18.2 Å². The van der Waals surface area contributed by atoms with Crippen molar-refractivity contribution in [2.75, 3.05) is 0 Å². The monoisotopic (exact) mass is 294 g/mol. The molecule has 0 fully saturated rings. The Labute approximate surface area is 126 Å². The van der Waals surface area contributed by atoms with E-state index in [9.17, 15) is 4.79 Å². The number of benzene rings is 2. The molecule has 0 saturated heterocycles. The highest BCUT2D eigenvalue weighted by molar-refractivity contribution is 5.86. The average molecular weight is 294 g/mol. The predicted octanol–water partition coefficient (Wildman–Crippen LogP) is 3.00. The quantitative estimate of drug-likeness (QED) is 0.732. The second kappa shape index (κ2) is 5.81. The fraction of sp³-hybridized carbons (Fsp3) is 0.118. The van der Waals surface area contributed by atoms with Crippen LogP contribution >= 0.6 is 0 Å². The van der Waals surface area contributed by atoms with Crippen molar-refractivity contribution in [3.8, 4) is 0 Å². The molecule has 0 saturated carbocycles. The van der Waals surface area contributed by atoms with Crippen LogP contribution in [0.2, 0.25) is 0 Å². The number of carboxylic acids is 1. The van der Waals surface area contributed by atoms with Gasteiger partial charge in [0.25, 0.3) is 0 Å². The molecule has 1 heterocycles. The van der Waals surface area contributed by atoms with Crippen LogP contribution in [0.15, 0.2) is 59.1 Å². The van der Waals surface area contributed by atoms with Crippen LogP contribution in [0.5, 0.6) is 0 Å². The summed E-state index contributed by atoms with van der Waals surface area (Å²) >= 11 is 0. The molecule has 1 aromatic heterocycles. The Bertz CT molecular complexity index is 852. The van der Waals surface area contributed by atoms with E-state index in [2.05, 4.69) is 41.0 Å². The molecule has 3 rings (SSSR count). The smallest absolute Gasteiger partial charge is 0.331 e. The van der Waals surface area contributed by atoms with Gasteiger partial charge in [0.05, 0.1) is 6.42 Å². The Kier molecular flexibility index (Phi) is 3.70. The minimum absolute atomic E-state index is 0.0286. The maximum Gasteiger partial charge on any atom is 0.331 e. The van der Waals surface area contributed by atoms with Crippen LogP contribution < -0.4 is 0 Å². The van der Waals surface area contributed by atoms with Crippen LogP contribution in [0.4, 0.5) is 0 Å². The lowest BCUT2D eigenvalue weighted by Crippen LogP contribution is -2.02. The van der Waals surface area contributed by atoms with Crippen molar-refractivity contribution in [1.82, 2.24) is 10.1 Å². The molecule has 3 aromatic rings. The molecule has 0 amide bonds. The fourth-order valence-corrected chi connectivity index (χ4v) is 2.22. The van der Waals surface area contributed by atoms with Crippen molar-refractivity contribution in [2.24, 2.45) is 0 Å². The molecule has 0 aliphatic rings. The number of hydrogen-bond donors (Lipinski definition) is 1. The first-order valence-corrected chi connectivity index (χ1v) is 6.82. The Morgan fingerprint density at radius 3 is 2.73 bits per heavy atom. The molecule has 0 radical (unpaired) electrons. The summed E-state index contributed by atoms with van der Waals surface area (Å²) in [6.07, 6.45) is 0.591. The third-order valence-electron chi connectivity index (χ3n) is 3.35. The molecule has 0 aliphatic heterocycles. The minimum Gasteiger partial charge on any atom is -0.478 e. The molecule has 22 heavy (non-hydrogen) atoms. The molecule has 5 nitrogen and oxygen atoms in total. The van der Waals surface area contributed by atoms with Gasteiger partial charge in [-0.25, -0.2) is 4.79 Å². The van der Waals surface area contributed by atoms with Gasteiger partial charge in [0, 0.05) is 12.0 Å². The van der Waals surface area contributed by atoms with Gasteiger partial charge in [-0.05, 0) is 16.3 Å². The van der Waals surface area contributed by atoms with Gasteiger partial charge in [0.15, 0.2) is 5.82 Å². The molecule has 0 atom stereocenters. The minimum atomic E-state index is -1.06. The van der Waals surface area contributed by atoms with Gasteiger partial charge in [-0.3, -0.25) is 0 Å². The van der Waals surface area contributed by atoms with Crippen molar-refractivity contribution >= 4 is 16.7 Å². The highest BCUT2D eigenvalue weighted by Crippen LogP contribution is 2.17. The lowest BCUT2D eigenvalue weighted by Gasteiger charge is -2.01. The van der Waals surface area contributed by atoms with E-state index in [-0.39, 0.29) is 17.9 Å². The van der Waals surface area contributed by atoms with E-state index in [4.69, 9.17) is 9.63 Å². The van der Waals surface area contributed by atoms with E-state index < -0.39 is 5.97 Å². The summed E-state index contributed by atoms with van der Waals surface area (Å²) in [5, 5.41) is 15.0. The molecular formula is C17H14N2O3. The van der Waals surface area contributed by atoms with Crippen molar-refractivity contribution in [3.05, 3.63) is 71.9 Å². The van der Waals surface area contributed by atoms with Crippen LogP contribution in [-0.2, 0) is 17.6 Å². The van der Waals surface area contributed by atoms with Crippen LogP contribution in [0.1, 0.15) is 17.3 Å². The Morgan fingerprint density at radius 2 is 1.95 bits per heavy atom. The Hall–Kier alpha value is -2.95. The summed E-state index contributed by atoms with van der Waals surface area (Å²) in [6, 6.07) is 14.3. The summed E-state index contributed by atoms with van der Waals surface area (Å²) in [4.78, 5) is 14.9. The summed E-state index contributed by atoms with van der Waals surface area (Å²) in [6.45, 7) is 3.45.